The van der Waals surface area contributed by atoms with Gasteiger partial charge in [-0.2, -0.15) is 0 Å². The van der Waals surface area contributed by atoms with Crippen LogP contribution in [0.4, 0.5) is 0 Å². The first-order valence-electron chi connectivity index (χ1n) is 20.2. The fraction of sp³-hybridized carbons (Fsp3) is 0.690. The van der Waals surface area contributed by atoms with Crippen molar-refractivity contribution >= 4 is 35.0 Å². The lowest BCUT2D eigenvalue weighted by Gasteiger charge is -2.41. The number of rotatable bonds is 19. The van der Waals surface area contributed by atoms with Gasteiger partial charge in [0.25, 0.3) is 0 Å². The molecule has 0 saturated carbocycles. The van der Waals surface area contributed by atoms with Gasteiger partial charge in [0.05, 0.1) is 48.2 Å². The van der Waals surface area contributed by atoms with Gasteiger partial charge < -0.3 is 35.2 Å². The number of likely N-dealkylation sites (tertiary alicyclic amines) is 1. The Morgan fingerprint density at radius 3 is 2.36 bits per heavy atom. The van der Waals surface area contributed by atoms with Gasteiger partial charge in [0.1, 0.15) is 11.0 Å². The Balaban J connectivity index is 1.47. The van der Waals surface area contributed by atoms with E-state index < -0.39 is 35.7 Å². The van der Waals surface area contributed by atoms with E-state index in [2.05, 4.69) is 34.8 Å². The lowest BCUT2D eigenvalue weighted by molar-refractivity contribution is -0.148. The number of ether oxygens (including phenoxy) is 2. The fourth-order valence-corrected chi connectivity index (χ4v) is 9.04. The predicted octanol–water partition coefficient (Wildman–Crippen LogP) is 5.14. The van der Waals surface area contributed by atoms with Crippen LogP contribution in [0.3, 0.4) is 0 Å². The average molecular weight is 783 g/mol. The third kappa shape index (κ3) is 11.1. The van der Waals surface area contributed by atoms with Crippen LogP contribution in [-0.4, -0.2) is 109 Å². The Morgan fingerprint density at radius 1 is 1.05 bits per heavy atom. The Morgan fingerprint density at radius 2 is 1.78 bits per heavy atom. The Kier molecular flexibility index (Phi) is 16.7. The topological polar surface area (TPSA) is 142 Å². The van der Waals surface area contributed by atoms with E-state index in [0.717, 1.165) is 42.8 Å². The van der Waals surface area contributed by atoms with E-state index in [9.17, 15) is 19.2 Å². The predicted molar refractivity (Wildman–Crippen MR) is 216 cm³/mol. The maximum Gasteiger partial charge on any atom is 0.245 e. The van der Waals surface area contributed by atoms with Gasteiger partial charge in [0.2, 0.25) is 23.6 Å². The van der Waals surface area contributed by atoms with E-state index in [1.807, 2.05) is 68.3 Å². The molecule has 9 atom stereocenters. The molecule has 1 aromatic carbocycles. The average Bonchev–Trinajstić information content (AvgIpc) is 3.90. The van der Waals surface area contributed by atoms with E-state index in [1.54, 1.807) is 32.4 Å². The highest BCUT2D eigenvalue weighted by Crippen LogP contribution is 2.31. The number of nitrogens with one attached hydrogen (secondary N) is 3. The molecule has 2 aliphatic rings. The molecule has 0 bridgehead atoms. The summed E-state index contributed by atoms with van der Waals surface area (Å²) in [5, 5.41) is 12.4. The first-order valence-corrected chi connectivity index (χ1v) is 21.1. The second kappa shape index (κ2) is 20.7. The van der Waals surface area contributed by atoms with Crippen LogP contribution in [0.2, 0.25) is 0 Å². The summed E-state index contributed by atoms with van der Waals surface area (Å²) in [6.07, 6.45) is 6.21. The molecular formula is C42H66N6O6S. The molecule has 0 unspecified atom stereocenters. The number of benzene rings is 1. The molecule has 306 valence electrons. The smallest absolute Gasteiger partial charge is 0.245 e. The molecule has 4 rings (SSSR count). The van der Waals surface area contributed by atoms with Crippen molar-refractivity contribution in [1.29, 1.82) is 0 Å². The SMILES string of the molecule is CC[C@H](C)[C@@H]([C@H](CC(=O)N1CCC[C@H]1[C@H](OC)[C@@H](C)C(=O)N[C@@H](Cc1ccccc1)c1nccs1)OC)N(C)C(=O)[C@@H](NC(=O)[C@@]1(C)CCCCN1)C(C)C. The number of methoxy groups -OCH3 is 2. The molecule has 0 radical (unpaired) electrons. The molecule has 3 N–H and O–H groups in total. The summed E-state index contributed by atoms with van der Waals surface area (Å²) in [6, 6.07) is 8.25. The van der Waals surface area contributed by atoms with Gasteiger partial charge in [-0.3, -0.25) is 19.2 Å². The summed E-state index contributed by atoms with van der Waals surface area (Å²) in [6.45, 7) is 13.1. The number of piperidine rings is 1. The van der Waals surface area contributed by atoms with E-state index >= 15 is 0 Å². The number of hydrogen-bond acceptors (Lipinski definition) is 9. The number of nitrogens with zero attached hydrogens (tertiary/aromatic N) is 3. The largest absolute Gasteiger partial charge is 0.379 e. The van der Waals surface area contributed by atoms with Crippen molar-refractivity contribution in [2.75, 3.05) is 34.4 Å². The molecule has 2 saturated heterocycles. The number of carbonyl (C=O) groups excluding carboxylic acids is 4. The third-order valence-electron chi connectivity index (χ3n) is 11.9. The Bertz CT molecular complexity index is 1520. The Hall–Kier alpha value is -3.39. The number of likely N-dealkylation sites (N-methyl/N-ethyl adjacent to an activating group) is 1. The molecule has 4 amide bonds. The van der Waals surface area contributed by atoms with Gasteiger partial charge in [-0.25, -0.2) is 4.98 Å². The minimum absolute atomic E-state index is 0.000717. The van der Waals surface area contributed by atoms with Crippen molar-refractivity contribution in [2.45, 2.75) is 135 Å². The van der Waals surface area contributed by atoms with Gasteiger partial charge in [-0.15, -0.1) is 11.3 Å². The summed E-state index contributed by atoms with van der Waals surface area (Å²) in [5.74, 6) is -1.34. The van der Waals surface area contributed by atoms with Gasteiger partial charge in [-0.1, -0.05) is 71.4 Å². The molecule has 1 aromatic heterocycles. The van der Waals surface area contributed by atoms with Crippen molar-refractivity contribution < 1.29 is 28.7 Å². The standard InChI is InChI=1S/C42H66N6O6S/c1-10-28(4)36(47(7)40(51)35(27(2)3)46-41(52)42(6)20-14-15-21-44-42)33(53-8)26-34(49)48-23-16-19-32(48)37(54-9)29(5)38(50)45-31(39-43-22-24-55-39)25-30-17-12-11-13-18-30/h11-13,17-18,22,24,27-29,31-33,35-37,44H,10,14-16,19-21,23,25-26H2,1-9H3,(H,45,50)(H,46,52)/t28-,29+,31-,32-,33-,35-,36-,37+,42+/m0/s1. The monoisotopic (exact) mass is 782 g/mol. The quantitative estimate of drug-likeness (QED) is 0.178. The van der Waals surface area contributed by atoms with E-state index in [1.165, 1.54) is 11.3 Å². The number of thiazole rings is 1. The molecule has 55 heavy (non-hydrogen) atoms. The normalized spacial score (nSPS) is 22.6. The number of carbonyl (C=O) groups is 4. The zero-order chi connectivity index (χ0) is 40.3. The van der Waals surface area contributed by atoms with E-state index in [0.29, 0.717) is 25.8 Å². The van der Waals surface area contributed by atoms with Gasteiger partial charge in [0.15, 0.2) is 0 Å². The molecule has 0 spiro atoms. The lowest BCUT2D eigenvalue weighted by atomic mass is 9.88. The maximum absolute atomic E-state index is 14.3. The second-order valence-electron chi connectivity index (χ2n) is 16.1. The van der Waals surface area contributed by atoms with Crippen LogP contribution in [0.1, 0.15) is 103 Å². The summed E-state index contributed by atoms with van der Waals surface area (Å²) >= 11 is 1.51. The van der Waals surface area contributed by atoms with Crippen LogP contribution < -0.4 is 16.0 Å². The van der Waals surface area contributed by atoms with Crippen LogP contribution >= 0.6 is 11.3 Å². The Labute approximate surface area is 332 Å². The molecule has 3 heterocycles. The van der Waals surface area contributed by atoms with Crippen molar-refractivity contribution in [2.24, 2.45) is 17.8 Å². The lowest BCUT2D eigenvalue weighted by Crippen LogP contribution is -2.63. The summed E-state index contributed by atoms with van der Waals surface area (Å²) < 4.78 is 12.1. The highest BCUT2D eigenvalue weighted by molar-refractivity contribution is 7.09. The number of hydrogen-bond donors (Lipinski definition) is 3. The highest BCUT2D eigenvalue weighted by Gasteiger charge is 2.44. The molecular weight excluding hydrogens is 717 g/mol. The van der Waals surface area contributed by atoms with Crippen LogP contribution in [0, 0.1) is 17.8 Å². The first-order chi connectivity index (χ1) is 26.3. The zero-order valence-corrected chi connectivity index (χ0v) is 35.3. The van der Waals surface area contributed by atoms with Crippen LogP contribution in [-0.2, 0) is 35.1 Å². The zero-order valence-electron chi connectivity index (χ0n) is 34.5. The summed E-state index contributed by atoms with van der Waals surface area (Å²) in [5.41, 5.74) is 0.370. The second-order valence-corrected chi connectivity index (χ2v) is 17.0. The van der Waals surface area contributed by atoms with Crippen LogP contribution in [0.25, 0.3) is 0 Å². The number of aromatic nitrogens is 1. The van der Waals surface area contributed by atoms with Crippen LogP contribution in [0.15, 0.2) is 41.9 Å². The molecule has 2 fully saturated rings. The minimum Gasteiger partial charge on any atom is -0.379 e. The van der Waals surface area contributed by atoms with Crippen molar-refractivity contribution in [1.82, 2.24) is 30.7 Å². The van der Waals surface area contributed by atoms with Gasteiger partial charge in [-0.05, 0) is 69.4 Å². The highest BCUT2D eigenvalue weighted by atomic mass is 32.1. The van der Waals surface area contributed by atoms with E-state index in [4.69, 9.17) is 9.47 Å². The molecule has 0 aliphatic carbocycles. The summed E-state index contributed by atoms with van der Waals surface area (Å²) in [7, 11) is 4.95. The maximum atomic E-state index is 14.3. The minimum atomic E-state index is -0.737. The van der Waals surface area contributed by atoms with Gasteiger partial charge >= 0.3 is 0 Å². The molecule has 12 nitrogen and oxygen atoms in total. The van der Waals surface area contributed by atoms with Crippen molar-refractivity contribution in [3.8, 4) is 0 Å². The fourth-order valence-electron chi connectivity index (χ4n) is 8.35. The van der Waals surface area contributed by atoms with Crippen LogP contribution in [0.5, 0.6) is 0 Å². The van der Waals surface area contributed by atoms with E-state index in [-0.39, 0.29) is 54.0 Å². The van der Waals surface area contributed by atoms with Gasteiger partial charge in [0, 0.05) is 39.4 Å². The van der Waals surface area contributed by atoms with Crippen molar-refractivity contribution in [3.63, 3.8) is 0 Å². The third-order valence-corrected chi connectivity index (χ3v) is 12.8. The summed E-state index contributed by atoms with van der Waals surface area (Å²) in [4.78, 5) is 64.1. The first kappa shape index (κ1) is 44.3. The molecule has 2 aromatic rings. The van der Waals surface area contributed by atoms with Crippen molar-refractivity contribution in [3.05, 3.63) is 52.5 Å². The number of amides is 4. The molecule has 13 heteroatoms. The molecule has 2 aliphatic heterocycles.